The van der Waals surface area contributed by atoms with Gasteiger partial charge in [0.25, 0.3) is 0 Å². The first-order valence-electron chi connectivity index (χ1n) is 12.4. The summed E-state index contributed by atoms with van der Waals surface area (Å²) in [4.78, 5) is 4.48. The summed E-state index contributed by atoms with van der Waals surface area (Å²) in [6.45, 7) is 2.09. The highest BCUT2D eigenvalue weighted by Crippen LogP contribution is 2.37. The largest absolute Gasteiger partial charge is 0.480 e. The molecule has 0 bridgehead atoms. The molecule has 0 fully saturated rings. The fraction of sp³-hybridized carbons (Fsp3) is 0.172. The van der Waals surface area contributed by atoms with E-state index in [0.29, 0.717) is 44.4 Å². The average molecular weight is 544 g/mol. The zero-order valence-corrected chi connectivity index (χ0v) is 22.1. The minimum atomic E-state index is -0.465. The van der Waals surface area contributed by atoms with Crippen molar-refractivity contribution < 1.29 is 9.13 Å². The Bertz CT molecular complexity index is 1550. The number of benzene rings is 3. The molecule has 3 aromatic carbocycles. The first-order valence-corrected chi connectivity index (χ1v) is 12.8. The Balaban J connectivity index is 1.60. The molecule has 198 valence electrons. The second-order valence-corrected chi connectivity index (χ2v) is 9.39. The van der Waals surface area contributed by atoms with Crippen LogP contribution in [0, 0.1) is 17.1 Å². The number of ether oxygens (including phenoxy) is 1. The highest BCUT2D eigenvalue weighted by molar-refractivity contribution is 6.35. The van der Waals surface area contributed by atoms with E-state index in [9.17, 15) is 9.65 Å². The average Bonchev–Trinajstić information content (AvgIpc) is 3.44. The van der Waals surface area contributed by atoms with Gasteiger partial charge in [-0.1, -0.05) is 61.0 Å². The molecule has 0 saturated carbocycles. The lowest BCUT2D eigenvalue weighted by Gasteiger charge is -2.24. The summed E-state index contributed by atoms with van der Waals surface area (Å²) in [5, 5.41) is 18.1. The molecule has 1 unspecified atom stereocenters. The fourth-order valence-electron chi connectivity index (χ4n) is 4.65. The van der Waals surface area contributed by atoms with Crippen LogP contribution in [-0.4, -0.2) is 12.1 Å². The zero-order chi connectivity index (χ0) is 27.4. The van der Waals surface area contributed by atoms with Crippen LogP contribution < -0.4 is 27.0 Å². The lowest BCUT2D eigenvalue weighted by atomic mass is 10.0. The number of methoxy groups -OCH3 is 1. The van der Waals surface area contributed by atoms with Crippen molar-refractivity contribution in [3.63, 3.8) is 0 Å². The summed E-state index contributed by atoms with van der Waals surface area (Å²) in [6, 6.07) is 21.7. The molecule has 5 N–H and O–H groups in total. The third kappa shape index (κ3) is 5.39. The van der Waals surface area contributed by atoms with E-state index in [0.717, 1.165) is 17.5 Å². The molecule has 2 atom stereocenters. The van der Waals surface area contributed by atoms with Gasteiger partial charge < -0.3 is 20.8 Å². The quantitative estimate of drug-likeness (QED) is 0.174. The predicted octanol–water partition coefficient (Wildman–Crippen LogP) is 6.04. The molecule has 0 radical (unpaired) electrons. The van der Waals surface area contributed by atoms with Gasteiger partial charge in [-0.3, -0.25) is 10.4 Å². The molecule has 8 nitrogen and oxygen atoms in total. The maximum Gasteiger partial charge on any atom is 0.226 e. The lowest BCUT2D eigenvalue weighted by molar-refractivity contribution is 0.257. The molecule has 0 aliphatic carbocycles. The smallest absolute Gasteiger partial charge is 0.226 e. The summed E-state index contributed by atoms with van der Waals surface area (Å²) in [5.74, 6) is 0.144. The van der Waals surface area contributed by atoms with E-state index in [1.165, 1.54) is 18.3 Å². The molecular formula is C29H27ClFN7O. The standard InChI is InChI=1S/C29H27ClFN7O/c1-3-24(17-7-5-4-6-8-17)35-25-19(15-32)16-33-27-22(25)13-21(14-23(27)30)34-26(18-9-11-20(31)12-10-18)28-29(39-2)37-38-36-28/h4-14,16,24,26,34,36-38H,3H2,1-2H3,(H,33,35)/t24-,26?/m1/s1. The minimum Gasteiger partial charge on any atom is -0.480 e. The summed E-state index contributed by atoms with van der Waals surface area (Å²) >= 11 is 6.74. The molecule has 10 heteroatoms. The number of pyridine rings is 1. The van der Waals surface area contributed by atoms with Crippen molar-refractivity contribution in [1.29, 1.82) is 5.26 Å². The van der Waals surface area contributed by atoms with Crippen LogP contribution in [0.4, 0.5) is 15.8 Å². The summed E-state index contributed by atoms with van der Waals surface area (Å²) in [7, 11) is 1.55. The van der Waals surface area contributed by atoms with Gasteiger partial charge >= 0.3 is 0 Å². The first-order chi connectivity index (χ1) is 19.0. The molecule has 39 heavy (non-hydrogen) atoms. The number of hydrogen-bond donors (Lipinski definition) is 5. The van der Waals surface area contributed by atoms with E-state index < -0.39 is 6.04 Å². The third-order valence-electron chi connectivity index (χ3n) is 6.60. The molecule has 1 aliphatic heterocycles. The number of nitrogens with zero attached hydrogens (tertiary/aromatic N) is 2. The number of hydrogen-bond acceptors (Lipinski definition) is 8. The topological polar surface area (TPSA) is 106 Å². The Morgan fingerprint density at radius 1 is 1.05 bits per heavy atom. The van der Waals surface area contributed by atoms with Crippen molar-refractivity contribution in [3.05, 3.63) is 112 Å². The number of nitriles is 1. The van der Waals surface area contributed by atoms with Gasteiger partial charge in [-0.15, -0.1) is 5.53 Å². The van der Waals surface area contributed by atoms with Gasteiger partial charge in [0.1, 0.15) is 17.6 Å². The van der Waals surface area contributed by atoms with Crippen LogP contribution in [0.15, 0.2) is 84.5 Å². The van der Waals surface area contributed by atoms with Gasteiger partial charge in [-0.2, -0.15) is 5.26 Å². The zero-order valence-electron chi connectivity index (χ0n) is 21.3. The molecule has 0 spiro atoms. The van der Waals surface area contributed by atoms with Crippen molar-refractivity contribution in [1.82, 2.24) is 21.4 Å². The Kier molecular flexibility index (Phi) is 7.68. The van der Waals surface area contributed by atoms with E-state index in [4.69, 9.17) is 16.3 Å². The van der Waals surface area contributed by atoms with Crippen molar-refractivity contribution in [2.45, 2.75) is 25.4 Å². The Labute approximate surface area is 230 Å². The number of nitrogens with one attached hydrogen (secondary N) is 5. The number of anilines is 2. The fourth-order valence-corrected chi connectivity index (χ4v) is 4.92. The normalized spacial score (nSPS) is 14.2. The van der Waals surface area contributed by atoms with Crippen LogP contribution >= 0.6 is 11.6 Å². The second kappa shape index (κ2) is 11.5. The molecule has 1 aromatic heterocycles. The maximum absolute atomic E-state index is 13.7. The van der Waals surface area contributed by atoms with Crippen molar-refractivity contribution in [3.8, 4) is 6.07 Å². The Morgan fingerprint density at radius 3 is 2.51 bits per heavy atom. The number of fused-ring (bicyclic) bond motifs is 1. The minimum absolute atomic E-state index is 0.0273. The molecular weight excluding hydrogens is 517 g/mol. The van der Waals surface area contributed by atoms with Gasteiger partial charge in [-0.05, 0) is 41.8 Å². The van der Waals surface area contributed by atoms with Crippen LogP contribution in [0.25, 0.3) is 10.9 Å². The lowest BCUT2D eigenvalue weighted by Crippen LogP contribution is -2.34. The monoisotopic (exact) mass is 543 g/mol. The Morgan fingerprint density at radius 2 is 1.82 bits per heavy atom. The number of aromatic nitrogens is 1. The third-order valence-corrected chi connectivity index (χ3v) is 6.89. The molecule has 5 rings (SSSR count). The van der Waals surface area contributed by atoms with Crippen molar-refractivity contribution >= 4 is 33.9 Å². The van der Waals surface area contributed by atoms with Crippen LogP contribution in [-0.2, 0) is 4.74 Å². The van der Waals surface area contributed by atoms with Crippen LogP contribution in [0.5, 0.6) is 0 Å². The van der Waals surface area contributed by atoms with Crippen molar-refractivity contribution in [2.75, 3.05) is 17.7 Å². The molecule has 1 aliphatic rings. The van der Waals surface area contributed by atoms with Crippen LogP contribution in [0.1, 0.15) is 42.1 Å². The highest BCUT2D eigenvalue weighted by atomic mass is 35.5. The summed E-state index contributed by atoms with van der Waals surface area (Å²) < 4.78 is 19.2. The van der Waals surface area contributed by atoms with E-state index in [1.807, 2.05) is 24.3 Å². The second-order valence-electron chi connectivity index (χ2n) is 8.98. The Hall–Kier alpha value is -4.52. The van der Waals surface area contributed by atoms with E-state index >= 15 is 0 Å². The molecule has 0 saturated heterocycles. The van der Waals surface area contributed by atoms with E-state index in [-0.39, 0.29) is 11.9 Å². The summed E-state index contributed by atoms with van der Waals surface area (Å²) in [5.41, 5.74) is 13.7. The van der Waals surface area contributed by atoms with Crippen LogP contribution in [0.3, 0.4) is 0 Å². The van der Waals surface area contributed by atoms with Gasteiger partial charge in [0.05, 0.1) is 41.0 Å². The van der Waals surface area contributed by atoms with Crippen molar-refractivity contribution in [2.24, 2.45) is 0 Å². The number of halogens is 2. The first kappa shape index (κ1) is 26.1. The predicted molar refractivity (Wildman–Crippen MR) is 151 cm³/mol. The van der Waals surface area contributed by atoms with E-state index in [2.05, 4.69) is 57.1 Å². The number of hydrazine groups is 2. The van der Waals surface area contributed by atoms with Gasteiger partial charge in [0.2, 0.25) is 5.88 Å². The van der Waals surface area contributed by atoms with E-state index in [1.54, 1.807) is 25.3 Å². The molecule has 2 heterocycles. The maximum atomic E-state index is 13.7. The molecule has 4 aromatic rings. The van der Waals surface area contributed by atoms with Gasteiger partial charge in [0, 0.05) is 17.3 Å². The highest BCUT2D eigenvalue weighted by Gasteiger charge is 2.26. The van der Waals surface area contributed by atoms with Crippen LogP contribution in [0.2, 0.25) is 5.02 Å². The summed E-state index contributed by atoms with van der Waals surface area (Å²) in [6.07, 6.45) is 2.34. The molecule has 0 amide bonds. The number of rotatable bonds is 9. The van der Waals surface area contributed by atoms with Gasteiger partial charge in [-0.25, -0.2) is 4.39 Å². The van der Waals surface area contributed by atoms with Gasteiger partial charge in [0.15, 0.2) is 0 Å². The SMILES string of the molecule is CC[C@@H](Nc1c(C#N)cnc2c(Cl)cc(NC(C3=C(OC)NNN3)c3ccc(F)cc3)cc12)c1ccccc1.